The van der Waals surface area contributed by atoms with Gasteiger partial charge in [-0.05, 0) is 171 Å². The van der Waals surface area contributed by atoms with E-state index in [9.17, 15) is 0 Å². The van der Waals surface area contributed by atoms with Crippen LogP contribution in [0.5, 0.6) is 0 Å². The van der Waals surface area contributed by atoms with Gasteiger partial charge in [-0.15, -0.1) is 22.7 Å². The number of aromatic nitrogens is 3. The fraction of sp³-hybridized carbons (Fsp3) is 0.0370. The molecule has 0 amide bonds. The lowest BCUT2D eigenvalue weighted by Crippen LogP contribution is -2.15. The highest BCUT2D eigenvalue weighted by atomic mass is 32.1. The molecule has 19 rings (SSSR count). The van der Waals surface area contributed by atoms with Crippen molar-refractivity contribution in [3.8, 4) is 61.6 Å². The van der Waals surface area contributed by atoms with Crippen molar-refractivity contribution >= 4 is 128 Å². The summed E-state index contributed by atoms with van der Waals surface area (Å²) < 4.78 is 12.7. The van der Waals surface area contributed by atoms with Crippen LogP contribution in [0.3, 0.4) is 0 Å². The average Bonchev–Trinajstić information content (AvgIpc) is 1.82. The van der Waals surface area contributed by atoms with E-state index in [0.717, 1.165) is 17.1 Å². The fourth-order valence-electron chi connectivity index (χ4n) is 15.0. The predicted molar refractivity (Wildman–Crippen MR) is 369 cm³/mol. The Balaban J connectivity index is 0.758. The molecule has 0 fully saturated rings. The maximum atomic E-state index is 2.49. The molecule has 0 spiro atoms. The SMILES string of the molecule is CC1(C)c2ccccc2-c2c(-c3ccc(-n4c5ccccc5c5cc6sc7ccccc7c6cc54)cc3)cc(-c3ccc4c5cc(-c6cccc(-n7c8ccccc8c8cc9sc%10ccccc%10c9cc87)c6)ccc5n(-c5ccccc5)c4c3)cc21. The van der Waals surface area contributed by atoms with Crippen molar-refractivity contribution in [3.63, 3.8) is 0 Å². The Morgan fingerprint density at radius 2 is 0.733 bits per heavy atom. The smallest absolute Gasteiger partial charge is 0.0548 e. The summed E-state index contributed by atoms with van der Waals surface area (Å²) in [6.07, 6.45) is 0. The van der Waals surface area contributed by atoms with Crippen LogP contribution in [-0.4, -0.2) is 13.7 Å². The molecular formula is C81H51N3S2. The number of thiophene rings is 2. The van der Waals surface area contributed by atoms with E-state index in [2.05, 4.69) is 301 Å². The van der Waals surface area contributed by atoms with Gasteiger partial charge in [0.2, 0.25) is 0 Å². The third kappa shape index (κ3) is 6.84. The molecule has 0 saturated carbocycles. The van der Waals surface area contributed by atoms with Crippen LogP contribution in [0.4, 0.5) is 0 Å². The minimum atomic E-state index is -0.208. The van der Waals surface area contributed by atoms with E-state index in [1.54, 1.807) is 0 Å². The monoisotopic (exact) mass is 1130 g/mol. The van der Waals surface area contributed by atoms with Gasteiger partial charge < -0.3 is 13.7 Å². The zero-order valence-corrected chi connectivity index (χ0v) is 48.8. The van der Waals surface area contributed by atoms with Crippen LogP contribution in [0.25, 0.3) is 167 Å². The highest BCUT2D eigenvalue weighted by Crippen LogP contribution is 2.54. The van der Waals surface area contributed by atoms with Crippen molar-refractivity contribution in [1.82, 2.24) is 13.7 Å². The van der Waals surface area contributed by atoms with E-state index < -0.39 is 0 Å². The average molecular weight is 1130 g/mol. The molecule has 3 nitrogen and oxygen atoms in total. The van der Waals surface area contributed by atoms with Crippen LogP contribution in [0.15, 0.2) is 273 Å². The predicted octanol–water partition coefficient (Wildman–Crippen LogP) is 23.0. The van der Waals surface area contributed by atoms with Crippen LogP contribution >= 0.6 is 22.7 Å². The molecule has 18 aromatic rings. The van der Waals surface area contributed by atoms with Gasteiger partial charge in [0, 0.05) is 95.1 Å². The zero-order valence-electron chi connectivity index (χ0n) is 47.1. The Labute approximate surface area is 503 Å². The molecule has 0 unspecified atom stereocenters. The molecule has 5 heterocycles. The van der Waals surface area contributed by atoms with Crippen molar-refractivity contribution in [2.75, 3.05) is 0 Å². The molecule has 0 radical (unpaired) electrons. The summed E-state index contributed by atoms with van der Waals surface area (Å²) in [6.45, 7) is 4.81. The first-order valence-electron chi connectivity index (χ1n) is 29.7. The number of para-hydroxylation sites is 3. The number of rotatable bonds is 6. The quantitative estimate of drug-likeness (QED) is 0.158. The molecule has 5 heteroatoms. The van der Waals surface area contributed by atoms with E-state index in [1.165, 1.54) is 161 Å². The zero-order chi connectivity index (χ0) is 56.5. The van der Waals surface area contributed by atoms with Gasteiger partial charge in [-0.25, -0.2) is 0 Å². The number of nitrogens with zero attached hydrogens (tertiary/aromatic N) is 3. The van der Waals surface area contributed by atoms with E-state index in [0.29, 0.717) is 0 Å². The summed E-state index contributed by atoms with van der Waals surface area (Å²) in [5.74, 6) is 0. The van der Waals surface area contributed by atoms with Gasteiger partial charge in [-0.3, -0.25) is 0 Å². The molecule has 0 atom stereocenters. The number of fused-ring (bicyclic) bond motifs is 18. The first-order valence-corrected chi connectivity index (χ1v) is 31.3. The molecule has 0 aliphatic heterocycles. The van der Waals surface area contributed by atoms with Crippen molar-refractivity contribution in [3.05, 3.63) is 284 Å². The minimum Gasteiger partial charge on any atom is -0.309 e. The lowest BCUT2D eigenvalue weighted by atomic mass is 9.80. The van der Waals surface area contributed by atoms with E-state index in [4.69, 9.17) is 0 Å². The molecular weight excluding hydrogens is 1080 g/mol. The van der Waals surface area contributed by atoms with Crippen molar-refractivity contribution < 1.29 is 0 Å². The molecule has 13 aromatic carbocycles. The standard InChI is InChI=1S/C81H51N3S2/c1-81(2)68-26-11-6-25-61(68)80-62(48-31-35-54(36-32-48)83-70-27-12-7-21-56(70)64-46-78-66(44-74(64)83)59-23-9-14-29-76(59)85-78)41-52(42-69(80)81)51-33-37-58-63-40-50(34-38-72(63)82(73(58)43-51)53-18-4-3-5-19-53)49-17-16-20-55(39-49)84-71-28-13-8-22-57(71)65-47-79-67(45-75(65)84)60-24-10-15-30-77(60)86-79/h3-47H,1-2H3. The molecule has 5 aromatic heterocycles. The second-order valence-corrected chi connectivity index (χ2v) is 26.1. The minimum absolute atomic E-state index is 0.208. The summed E-state index contributed by atoms with van der Waals surface area (Å²) in [5.41, 5.74) is 23.1. The van der Waals surface area contributed by atoms with Gasteiger partial charge in [0.15, 0.2) is 0 Å². The molecule has 1 aliphatic carbocycles. The highest BCUT2D eigenvalue weighted by Gasteiger charge is 2.37. The van der Waals surface area contributed by atoms with Crippen LogP contribution in [0.1, 0.15) is 25.0 Å². The number of benzene rings is 13. The lowest BCUT2D eigenvalue weighted by Gasteiger charge is -2.23. The second kappa shape index (κ2) is 17.9. The Bertz CT molecular complexity index is 5920. The van der Waals surface area contributed by atoms with E-state index >= 15 is 0 Å². The number of hydrogen-bond acceptors (Lipinski definition) is 2. The van der Waals surface area contributed by atoms with E-state index in [-0.39, 0.29) is 5.41 Å². The molecule has 0 saturated heterocycles. The van der Waals surface area contributed by atoms with Crippen LogP contribution in [0, 0.1) is 0 Å². The maximum absolute atomic E-state index is 2.49. The highest BCUT2D eigenvalue weighted by molar-refractivity contribution is 7.26. The van der Waals surface area contributed by atoms with Gasteiger partial charge in [0.05, 0.1) is 33.1 Å². The third-order valence-corrected chi connectivity index (χ3v) is 21.3. The second-order valence-electron chi connectivity index (χ2n) is 24.0. The van der Waals surface area contributed by atoms with E-state index in [1.807, 2.05) is 22.7 Å². The Kier molecular flexibility index (Phi) is 10.00. The summed E-state index contributed by atoms with van der Waals surface area (Å²) in [7, 11) is 0. The van der Waals surface area contributed by atoms with Crippen LogP contribution in [0.2, 0.25) is 0 Å². The fourth-order valence-corrected chi connectivity index (χ4v) is 17.2. The van der Waals surface area contributed by atoms with Crippen molar-refractivity contribution in [2.24, 2.45) is 0 Å². The van der Waals surface area contributed by atoms with Gasteiger partial charge in [-0.2, -0.15) is 0 Å². The van der Waals surface area contributed by atoms with Gasteiger partial charge in [0.25, 0.3) is 0 Å². The molecule has 1 aliphatic rings. The summed E-state index contributed by atoms with van der Waals surface area (Å²) in [6, 6.07) is 103. The van der Waals surface area contributed by atoms with Gasteiger partial charge in [0.1, 0.15) is 0 Å². The third-order valence-electron chi connectivity index (χ3n) is 19.0. The van der Waals surface area contributed by atoms with Crippen molar-refractivity contribution in [1.29, 1.82) is 0 Å². The summed E-state index contributed by atoms with van der Waals surface area (Å²) in [5, 5.41) is 12.8. The summed E-state index contributed by atoms with van der Waals surface area (Å²) in [4.78, 5) is 0. The Morgan fingerprint density at radius 1 is 0.244 bits per heavy atom. The van der Waals surface area contributed by atoms with Crippen LogP contribution in [-0.2, 0) is 5.41 Å². The number of hydrogen-bond donors (Lipinski definition) is 0. The Morgan fingerprint density at radius 3 is 1.42 bits per heavy atom. The van der Waals surface area contributed by atoms with Crippen LogP contribution < -0.4 is 0 Å². The lowest BCUT2D eigenvalue weighted by molar-refractivity contribution is 0.660. The van der Waals surface area contributed by atoms with Gasteiger partial charge in [-0.1, -0.05) is 172 Å². The molecule has 402 valence electrons. The first-order chi connectivity index (χ1) is 42.4. The molecule has 86 heavy (non-hydrogen) atoms. The van der Waals surface area contributed by atoms with Crippen molar-refractivity contribution in [2.45, 2.75) is 19.3 Å². The maximum Gasteiger partial charge on any atom is 0.0548 e. The van der Waals surface area contributed by atoms with Gasteiger partial charge >= 0.3 is 0 Å². The topological polar surface area (TPSA) is 14.8 Å². The normalized spacial score (nSPS) is 13.1. The molecule has 0 bridgehead atoms. The molecule has 0 N–H and O–H groups in total. The Hall–Kier alpha value is -10.3. The largest absolute Gasteiger partial charge is 0.309 e. The first kappa shape index (κ1) is 48.1. The summed E-state index contributed by atoms with van der Waals surface area (Å²) >= 11 is 3.77.